The fourth-order valence-electron chi connectivity index (χ4n) is 4.93. The number of likely N-dealkylation sites (tertiary alicyclic amines) is 1. The molecule has 1 N–H and O–H groups in total. The van der Waals surface area contributed by atoms with E-state index in [1.807, 2.05) is 18.7 Å². The second kappa shape index (κ2) is 12.5. The van der Waals surface area contributed by atoms with E-state index < -0.39 is 5.60 Å². The lowest BCUT2D eigenvalue weighted by molar-refractivity contribution is -0.123. The van der Waals surface area contributed by atoms with Crippen LogP contribution in [0.3, 0.4) is 0 Å². The Bertz CT molecular complexity index is 1080. The second-order valence-electron chi connectivity index (χ2n) is 10.6. The Morgan fingerprint density at radius 3 is 2.42 bits per heavy atom. The zero-order valence-corrected chi connectivity index (χ0v) is 22.5. The van der Waals surface area contributed by atoms with Gasteiger partial charge in [-0.2, -0.15) is 5.10 Å². The molecule has 0 saturated carbocycles. The van der Waals surface area contributed by atoms with E-state index in [1.54, 1.807) is 23.2 Å². The van der Waals surface area contributed by atoms with Crippen LogP contribution < -0.4 is 10.2 Å². The van der Waals surface area contributed by atoms with Crippen molar-refractivity contribution in [1.82, 2.24) is 30.3 Å². The largest absolute Gasteiger partial charge is 0.443 e. The molecule has 206 valence electrons. The zero-order valence-electron chi connectivity index (χ0n) is 22.5. The molecule has 1 aromatic carbocycles. The maximum Gasteiger partial charge on any atom is 0.410 e. The first kappa shape index (κ1) is 27.7. The SMILES string of the molecule is CCCC(C)(C)OC(=O)N1CCC(NC(=O)CN2CCN(c3nncc(-c4ccc(F)cc4)n3)CC2)CC1. The van der Waals surface area contributed by atoms with E-state index >= 15 is 0 Å². The molecule has 0 spiro atoms. The lowest BCUT2D eigenvalue weighted by Gasteiger charge is -2.36. The highest BCUT2D eigenvalue weighted by atomic mass is 19.1. The Labute approximate surface area is 223 Å². The molecule has 38 heavy (non-hydrogen) atoms. The molecule has 2 aromatic rings. The zero-order chi connectivity index (χ0) is 27.1. The van der Waals surface area contributed by atoms with E-state index in [2.05, 4.69) is 32.3 Å². The van der Waals surface area contributed by atoms with Gasteiger partial charge in [-0.3, -0.25) is 9.69 Å². The van der Waals surface area contributed by atoms with Gasteiger partial charge in [-0.1, -0.05) is 13.3 Å². The molecule has 3 heterocycles. The molecular formula is C27H38FN7O3. The highest BCUT2D eigenvalue weighted by molar-refractivity contribution is 5.78. The van der Waals surface area contributed by atoms with Crippen LogP contribution in [0.2, 0.25) is 0 Å². The quantitative estimate of drug-likeness (QED) is 0.559. The number of nitrogens with one attached hydrogen (secondary N) is 1. The van der Waals surface area contributed by atoms with Crippen LogP contribution >= 0.6 is 0 Å². The summed E-state index contributed by atoms with van der Waals surface area (Å²) in [6.45, 7) is 10.2. The molecule has 0 unspecified atom stereocenters. The van der Waals surface area contributed by atoms with E-state index in [1.165, 1.54) is 12.1 Å². The molecule has 0 bridgehead atoms. The topological polar surface area (TPSA) is 104 Å². The van der Waals surface area contributed by atoms with Crippen LogP contribution in [0.1, 0.15) is 46.5 Å². The van der Waals surface area contributed by atoms with E-state index in [4.69, 9.17) is 4.74 Å². The van der Waals surface area contributed by atoms with Crippen molar-refractivity contribution in [3.63, 3.8) is 0 Å². The first-order valence-corrected chi connectivity index (χ1v) is 13.4. The second-order valence-corrected chi connectivity index (χ2v) is 10.6. The lowest BCUT2D eigenvalue weighted by Crippen LogP contribution is -2.52. The molecule has 11 heteroatoms. The molecule has 2 aliphatic rings. The third-order valence-electron chi connectivity index (χ3n) is 7.04. The standard InChI is InChI=1S/C27H38FN7O3/c1-4-11-27(2,3)38-26(37)35-12-9-22(10-13-35)30-24(36)19-33-14-16-34(17-15-33)25-31-23(18-29-32-25)20-5-7-21(28)8-6-20/h5-8,18,22H,4,9-17,19H2,1-3H3,(H,30,36). The molecule has 0 atom stereocenters. The van der Waals surface area contributed by atoms with Crippen LogP contribution in [-0.2, 0) is 9.53 Å². The molecule has 2 saturated heterocycles. The lowest BCUT2D eigenvalue weighted by atomic mass is 10.0. The van der Waals surface area contributed by atoms with Crippen molar-refractivity contribution >= 4 is 17.9 Å². The summed E-state index contributed by atoms with van der Waals surface area (Å²) >= 11 is 0. The van der Waals surface area contributed by atoms with Gasteiger partial charge < -0.3 is 19.9 Å². The summed E-state index contributed by atoms with van der Waals surface area (Å²) in [6.07, 6.45) is 4.52. The number of carbonyl (C=O) groups is 2. The van der Waals surface area contributed by atoms with Crippen molar-refractivity contribution in [3.05, 3.63) is 36.3 Å². The highest BCUT2D eigenvalue weighted by Gasteiger charge is 2.29. The summed E-state index contributed by atoms with van der Waals surface area (Å²) < 4.78 is 18.9. The Kier molecular flexibility index (Phi) is 9.09. The first-order valence-electron chi connectivity index (χ1n) is 13.4. The van der Waals surface area contributed by atoms with Crippen LogP contribution in [0.25, 0.3) is 11.3 Å². The molecule has 10 nitrogen and oxygen atoms in total. The normalized spacial score (nSPS) is 17.4. The molecule has 4 rings (SSSR count). The van der Waals surface area contributed by atoms with Crippen molar-refractivity contribution in [1.29, 1.82) is 0 Å². The molecule has 2 aliphatic heterocycles. The van der Waals surface area contributed by atoms with E-state index in [0.717, 1.165) is 31.2 Å². The molecule has 2 amide bonds. The van der Waals surface area contributed by atoms with Crippen molar-refractivity contribution in [2.24, 2.45) is 0 Å². The summed E-state index contributed by atoms with van der Waals surface area (Å²) in [5, 5.41) is 11.4. The number of anilines is 1. The third-order valence-corrected chi connectivity index (χ3v) is 7.04. The maximum absolute atomic E-state index is 13.2. The fraction of sp³-hybridized carbons (Fsp3) is 0.593. The number of carbonyl (C=O) groups excluding carboxylic acids is 2. The monoisotopic (exact) mass is 527 g/mol. The Balaban J connectivity index is 1.18. The van der Waals surface area contributed by atoms with Gasteiger partial charge in [0.05, 0.1) is 18.4 Å². The van der Waals surface area contributed by atoms with Gasteiger partial charge >= 0.3 is 6.09 Å². The molecule has 2 fully saturated rings. The third kappa shape index (κ3) is 7.59. The van der Waals surface area contributed by atoms with E-state index in [9.17, 15) is 14.0 Å². The van der Waals surface area contributed by atoms with Gasteiger partial charge in [0.25, 0.3) is 0 Å². The first-order chi connectivity index (χ1) is 18.2. The number of amides is 2. The summed E-state index contributed by atoms with van der Waals surface area (Å²) in [5.41, 5.74) is 0.955. The van der Waals surface area contributed by atoms with Crippen molar-refractivity contribution in [2.45, 2.75) is 58.1 Å². The summed E-state index contributed by atoms with van der Waals surface area (Å²) in [6, 6.07) is 6.19. The number of nitrogens with zero attached hydrogens (tertiary/aromatic N) is 6. The minimum Gasteiger partial charge on any atom is -0.443 e. The van der Waals surface area contributed by atoms with Gasteiger partial charge in [0.2, 0.25) is 11.9 Å². The number of piperidine rings is 1. The molecule has 0 aliphatic carbocycles. The Hall–Kier alpha value is -3.34. The molecule has 1 aromatic heterocycles. The number of aromatic nitrogens is 3. The minimum absolute atomic E-state index is 0.000204. The summed E-state index contributed by atoms with van der Waals surface area (Å²) in [4.78, 5) is 35.7. The van der Waals surface area contributed by atoms with Crippen molar-refractivity contribution < 1.29 is 18.7 Å². The van der Waals surface area contributed by atoms with Crippen LogP contribution in [0.15, 0.2) is 30.5 Å². The molecular weight excluding hydrogens is 489 g/mol. The smallest absolute Gasteiger partial charge is 0.410 e. The number of rotatable bonds is 8. The van der Waals surface area contributed by atoms with Crippen LogP contribution in [0.4, 0.5) is 15.1 Å². The van der Waals surface area contributed by atoms with Gasteiger partial charge in [-0.05, 0) is 57.4 Å². The average molecular weight is 528 g/mol. The Morgan fingerprint density at radius 2 is 1.76 bits per heavy atom. The highest BCUT2D eigenvalue weighted by Crippen LogP contribution is 2.21. The number of hydrogen-bond acceptors (Lipinski definition) is 8. The van der Waals surface area contributed by atoms with Gasteiger partial charge in [0.1, 0.15) is 11.4 Å². The predicted octanol–water partition coefficient (Wildman–Crippen LogP) is 3.10. The average Bonchev–Trinajstić information content (AvgIpc) is 2.89. The number of piperazine rings is 1. The Morgan fingerprint density at radius 1 is 1.08 bits per heavy atom. The van der Waals surface area contributed by atoms with Crippen LogP contribution in [0, 0.1) is 5.82 Å². The van der Waals surface area contributed by atoms with Gasteiger partial charge in [0.15, 0.2) is 0 Å². The number of halogens is 1. The van der Waals surface area contributed by atoms with Gasteiger partial charge in [-0.25, -0.2) is 14.2 Å². The minimum atomic E-state index is -0.463. The summed E-state index contributed by atoms with van der Waals surface area (Å²) in [7, 11) is 0. The summed E-state index contributed by atoms with van der Waals surface area (Å²) in [5.74, 6) is 0.229. The van der Waals surface area contributed by atoms with Crippen molar-refractivity contribution in [3.8, 4) is 11.3 Å². The molecule has 0 radical (unpaired) electrons. The number of benzene rings is 1. The number of ether oxygens (including phenoxy) is 1. The van der Waals surface area contributed by atoms with Gasteiger partial charge in [0, 0.05) is 50.9 Å². The number of hydrogen-bond donors (Lipinski definition) is 1. The van der Waals surface area contributed by atoms with E-state index in [0.29, 0.717) is 57.5 Å². The van der Waals surface area contributed by atoms with Crippen LogP contribution in [-0.4, -0.2) is 94.4 Å². The van der Waals surface area contributed by atoms with E-state index in [-0.39, 0.29) is 23.9 Å². The predicted molar refractivity (Wildman–Crippen MR) is 142 cm³/mol. The van der Waals surface area contributed by atoms with Gasteiger partial charge in [-0.15, -0.1) is 5.10 Å². The van der Waals surface area contributed by atoms with Crippen LogP contribution in [0.5, 0.6) is 0 Å². The maximum atomic E-state index is 13.2. The fourth-order valence-corrected chi connectivity index (χ4v) is 4.93. The van der Waals surface area contributed by atoms with Crippen molar-refractivity contribution in [2.75, 3.05) is 50.7 Å².